The molecule has 0 saturated heterocycles. The molecule has 3 rings (SSSR count). The van der Waals surface area contributed by atoms with Crippen molar-refractivity contribution in [3.8, 4) is 5.69 Å². The van der Waals surface area contributed by atoms with Crippen molar-refractivity contribution in [2.45, 2.75) is 83.7 Å². The second-order valence-electron chi connectivity index (χ2n) is 8.93. The number of carbonyl (C=O) groups excluding carboxylic acids is 1. The van der Waals surface area contributed by atoms with Gasteiger partial charge in [-0.2, -0.15) is 0 Å². The van der Waals surface area contributed by atoms with Gasteiger partial charge in [-0.3, -0.25) is 4.79 Å². The summed E-state index contributed by atoms with van der Waals surface area (Å²) in [5.74, 6) is -0.124. The molecule has 0 spiro atoms. The summed E-state index contributed by atoms with van der Waals surface area (Å²) in [6, 6.07) is 8.80. The fraction of sp³-hybridized carbons (Fsp3) is 0.591. The highest BCUT2D eigenvalue weighted by Gasteiger charge is 2.25. The van der Waals surface area contributed by atoms with Gasteiger partial charge in [0, 0.05) is 12.1 Å². The fourth-order valence-corrected chi connectivity index (χ4v) is 3.77. The van der Waals surface area contributed by atoms with E-state index in [0.29, 0.717) is 5.69 Å². The lowest BCUT2D eigenvalue weighted by atomic mass is 9.87. The first-order valence-electron chi connectivity index (χ1n) is 10.4. The monoisotopic (exact) mass is 383 g/mol. The van der Waals surface area contributed by atoms with Crippen LogP contribution in [0.4, 0.5) is 0 Å². The molecule has 1 heterocycles. The van der Waals surface area contributed by atoms with Crippen LogP contribution in [0, 0.1) is 0 Å². The molecule has 1 amide bonds. The Morgan fingerprint density at radius 2 is 1.82 bits per heavy atom. The van der Waals surface area contributed by atoms with Crippen LogP contribution in [0.5, 0.6) is 0 Å². The van der Waals surface area contributed by atoms with Gasteiger partial charge < -0.3 is 11.1 Å². The highest BCUT2D eigenvalue weighted by atomic mass is 16.2. The largest absolute Gasteiger partial charge is 0.348 e. The summed E-state index contributed by atoms with van der Waals surface area (Å²) in [5, 5.41) is 11.7. The zero-order chi connectivity index (χ0) is 20.3. The third kappa shape index (κ3) is 4.61. The number of amides is 1. The molecule has 28 heavy (non-hydrogen) atoms. The second-order valence-corrected chi connectivity index (χ2v) is 8.93. The van der Waals surface area contributed by atoms with E-state index in [1.165, 1.54) is 5.56 Å². The minimum absolute atomic E-state index is 0.0979. The minimum atomic E-state index is -0.124. The van der Waals surface area contributed by atoms with Crippen molar-refractivity contribution < 1.29 is 4.79 Å². The lowest BCUT2D eigenvalue weighted by molar-refractivity contribution is 0.0919. The Balaban J connectivity index is 1.82. The molecule has 1 aliphatic rings. The van der Waals surface area contributed by atoms with E-state index in [1.54, 1.807) is 0 Å². The van der Waals surface area contributed by atoms with Crippen molar-refractivity contribution in [1.29, 1.82) is 0 Å². The van der Waals surface area contributed by atoms with E-state index < -0.39 is 0 Å². The molecule has 3 N–H and O–H groups in total. The van der Waals surface area contributed by atoms with Crippen molar-refractivity contribution in [1.82, 2.24) is 20.3 Å². The standard InChI is InChI=1S/C22H33N5O/c1-5-6-19-20(21(28)24-17-11-9-16(23)10-12-17)25-26-27(19)18-13-7-15(8-14-18)22(2,3)4/h7-8,13-14,16-17H,5-6,9-12,23H2,1-4H3,(H,24,28). The number of benzene rings is 1. The van der Waals surface area contributed by atoms with Crippen molar-refractivity contribution in [2.75, 3.05) is 0 Å². The third-order valence-electron chi connectivity index (χ3n) is 5.55. The topological polar surface area (TPSA) is 85.8 Å². The van der Waals surface area contributed by atoms with E-state index in [-0.39, 0.29) is 23.4 Å². The SMILES string of the molecule is CCCc1c(C(=O)NC2CCC(N)CC2)nnn1-c1ccc(C(C)(C)C)cc1. The smallest absolute Gasteiger partial charge is 0.273 e. The van der Waals surface area contributed by atoms with Gasteiger partial charge in [-0.25, -0.2) is 4.68 Å². The van der Waals surface area contributed by atoms with Gasteiger partial charge in [0.15, 0.2) is 5.69 Å². The van der Waals surface area contributed by atoms with Crippen LogP contribution >= 0.6 is 0 Å². The molecule has 0 bridgehead atoms. The molecule has 0 atom stereocenters. The number of nitrogens with zero attached hydrogens (tertiary/aromatic N) is 3. The maximum Gasteiger partial charge on any atom is 0.273 e. The van der Waals surface area contributed by atoms with E-state index in [1.807, 2.05) is 4.68 Å². The van der Waals surface area contributed by atoms with E-state index in [2.05, 4.69) is 67.6 Å². The van der Waals surface area contributed by atoms with Crippen LogP contribution in [0.25, 0.3) is 5.69 Å². The number of rotatable bonds is 5. The minimum Gasteiger partial charge on any atom is -0.348 e. The molecule has 2 aromatic rings. The van der Waals surface area contributed by atoms with Gasteiger partial charge in [0.05, 0.1) is 11.4 Å². The molecule has 6 nitrogen and oxygen atoms in total. The zero-order valence-electron chi connectivity index (χ0n) is 17.5. The number of hydrogen-bond acceptors (Lipinski definition) is 4. The van der Waals surface area contributed by atoms with Crippen molar-refractivity contribution in [3.63, 3.8) is 0 Å². The summed E-state index contributed by atoms with van der Waals surface area (Å²) in [4.78, 5) is 12.9. The van der Waals surface area contributed by atoms with Gasteiger partial charge in [0.2, 0.25) is 0 Å². The van der Waals surface area contributed by atoms with Crippen LogP contribution in [-0.4, -0.2) is 33.0 Å². The van der Waals surface area contributed by atoms with Crippen molar-refractivity contribution in [3.05, 3.63) is 41.2 Å². The van der Waals surface area contributed by atoms with Gasteiger partial charge in [0.25, 0.3) is 5.91 Å². The Kier molecular flexibility index (Phi) is 6.18. The van der Waals surface area contributed by atoms with Gasteiger partial charge >= 0.3 is 0 Å². The van der Waals surface area contributed by atoms with Crippen LogP contribution in [0.2, 0.25) is 0 Å². The Hall–Kier alpha value is -2.21. The number of hydrogen-bond donors (Lipinski definition) is 2. The molecular formula is C22H33N5O. The van der Waals surface area contributed by atoms with E-state index in [9.17, 15) is 4.79 Å². The van der Waals surface area contributed by atoms with Gasteiger partial charge in [-0.05, 0) is 55.2 Å². The summed E-state index contributed by atoms with van der Waals surface area (Å²) < 4.78 is 1.81. The summed E-state index contributed by atoms with van der Waals surface area (Å²) >= 11 is 0. The summed E-state index contributed by atoms with van der Waals surface area (Å²) in [6.45, 7) is 8.69. The normalized spacial score (nSPS) is 20.2. The molecular weight excluding hydrogens is 350 g/mol. The third-order valence-corrected chi connectivity index (χ3v) is 5.55. The van der Waals surface area contributed by atoms with Crippen LogP contribution in [0.3, 0.4) is 0 Å². The van der Waals surface area contributed by atoms with Crippen LogP contribution in [-0.2, 0) is 11.8 Å². The maximum atomic E-state index is 12.9. The van der Waals surface area contributed by atoms with Crippen LogP contribution in [0.1, 0.15) is 81.5 Å². The zero-order valence-corrected chi connectivity index (χ0v) is 17.5. The first kappa shape index (κ1) is 20.5. The quantitative estimate of drug-likeness (QED) is 0.827. The number of nitrogens with two attached hydrogens (primary N) is 1. The van der Waals surface area contributed by atoms with E-state index in [0.717, 1.165) is 49.9 Å². The molecule has 152 valence electrons. The Bertz CT molecular complexity index is 795. The lowest BCUT2D eigenvalue weighted by Crippen LogP contribution is -2.40. The highest BCUT2D eigenvalue weighted by molar-refractivity contribution is 5.93. The van der Waals surface area contributed by atoms with Gasteiger partial charge in [0.1, 0.15) is 0 Å². The predicted molar refractivity (Wildman–Crippen MR) is 112 cm³/mol. The maximum absolute atomic E-state index is 12.9. The van der Waals surface area contributed by atoms with E-state index >= 15 is 0 Å². The first-order valence-corrected chi connectivity index (χ1v) is 10.4. The Morgan fingerprint density at radius 3 is 2.39 bits per heavy atom. The number of carbonyl (C=O) groups is 1. The van der Waals surface area contributed by atoms with Gasteiger partial charge in [-0.1, -0.05) is 51.5 Å². The molecule has 6 heteroatoms. The van der Waals surface area contributed by atoms with Crippen LogP contribution < -0.4 is 11.1 Å². The Morgan fingerprint density at radius 1 is 1.18 bits per heavy atom. The average molecular weight is 384 g/mol. The van der Waals surface area contributed by atoms with E-state index in [4.69, 9.17) is 5.73 Å². The summed E-state index contributed by atoms with van der Waals surface area (Å²) in [6.07, 6.45) is 5.45. The molecule has 0 aliphatic heterocycles. The predicted octanol–water partition coefficient (Wildman–Crippen LogP) is 3.52. The first-order chi connectivity index (χ1) is 13.3. The molecule has 1 aromatic heterocycles. The van der Waals surface area contributed by atoms with Gasteiger partial charge in [-0.15, -0.1) is 5.10 Å². The molecule has 0 radical (unpaired) electrons. The molecule has 1 fully saturated rings. The average Bonchev–Trinajstić information content (AvgIpc) is 3.07. The Labute approximate surface area is 167 Å². The highest BCUT2D eigenvalue weighted by Crippen LogP contribution is 2.24. The molecule has 0 unspecified atom stereocenters. The van der Waals surface area contributed by atoms with Crippen molar-refractivity contribution >= 4 is 5.91 Å². The lowest BCUT2D eigenvalue weighted by Gasteiger charge is -2.26. The fourth-order valence-electron chi connectivity index (χ4n) is 3.77. The van der Waals surface area contributed by atoms with Crippen LogP contribution in [0.15, 0.2) is 24.3 Å². The second kappa shape index (κ2) is 8.43. The summed E-state index contributed by atoms with van der Waals surface area (Å²) in [5.41, 5.74) is 9.58. The summed E-state index contributed by atoms with van der Waals surface area (Å²) in [7, 11) is 0. The molecule has 1 aliphatic carbocycles. The van der Waals surface area contributed by atoms with Crippen molar-refractivity contribution in [2.24, 2.45) is 5.73 Å². The molecule has 1 aromatic carbocycles. The molecule has 1 saturated carbocycles. The number of aromatic nitrogens is 3. The number of nitrogens with one attached hydrogen (secondary N) is 1.